The summed E-state index contributed by atoms with van der Waals surface area (Å²) in [5.41, 5.74) is 2.61. The largest absolute Gasteiger partial charge is 0.377 e. The zero-order valence-electron chi connectivity index (χ0n) is 9.72. The van der Waals surface area contributed by atoms with Gasteiger partial charge in [0.1, 0.15) is 4.60 Å². The number of halogens is 2. The number of nitrogens with zero attached hydrogens (tertiary/aromatic N) is 4. The van der Waals surface area contributed by atoms with E-state index < -0.39 is 0 Å². The predicted molar refractivity (Wildman–Crippen MR) is 77.3 cm³/mol. The van der Waals surface area contributed by atoms with Gasteiger partial charge in [0, 0.05) is 12.4 Å². The molecule has 0 aliphatic rings. The van der Waals surface area contributed by atoms with Crippen molar-refractivity contribution in [3.63, 3.8) is 0 Å². The Bertz CT molecular complexity index is 727. The van der Waals surface area contributed by atoms with Crippen LogP contribution in [-0.4, -0.2) is 19.4 Å². The third-order valence-electron chi connectivity index (χ3n) is 2.67. The van der Waals surface area contributed by atoms with Crippen molar-refractivity contribution in [1.29, 1.82) is 0 Å². The molecule has 3 heterocycles. The minimum atomic E-state index is 0.600. The van der Waals surface area contributed by atoms with Gasteiger partial charge < -0.3 is 5.32 Å². The number of hydrogen-bond acceptors (Lipinski definition) is 4. The molecule has 0 bridgehead atoms. The molecule has 5 nitrogen and oxygen atoms in total. The fraction of sp³-hybridized carbons (Fsp3) is 0.0833. The fourth-order valence-corrected chi connectivity index (χ4v) is 2.22. The molecule has 7 heteroatoms. The van der Waals surface area contributed by atoms with E-state index in [0.717, 1.165) is 21.6 Å². The smallest absolute Gasteiger partial charge is 0.155 e. The molecule has 0 saturated heterocycles. The molecule has 96 valence electrons. The molecule has 0 saturated carbocycles. The number of rotatable bonds is 3. The molecule has 0 aliphatic heterocycles. The molecule has 19 heavy (non-hydrogen) atoms. The van der Waals surface area contributed by atoms with Crippen LogP contribution in [0.3, 0.4) is 0 Å². The normalized spacial score (nSPS) is 10.8. The van der Waals surface area contributed by atoms with Crippen LogP contribution in [0.1, 0.15) is 5.69 Å². The van der Waals surface area contributed by atoms with Crippen molar-refractivity contribution in [1.82, 2.24) is 19.4 Å². The molecule has 3 aromatic heterocycles. The summed E-state index contributed by atoms with van der Waals surface area (Å²) in [5, 5.41) is 3.88. The van der Waals surface area contributed by atoms with Crippen LogP contribution in [0, 0.1) is 0 Å². The van der Waals surface area contributed by atoms with E-state index in [1.54, 1.807) is 30.9 Å². The molecule has 1 N–H and O–H groups in total. The highest BCUT2D eigenvalue weighted by atomic mass is 79.9. The van der Waals surface area contributed by atoms with Gasteiger partial charge in [0.05, 0.1) is 41.5 Å². The van der Waals surface area contributed by atoms with Crippen LogP contribution in [0.4, 0.5) is 5.69 Å². The zero-order chi connectivity index (χ0) is 13.2. The van der Waals surface area contributed by atoms with Gasteiger partial charge in [-0.3, -0.25) is 9.38 Å². The minimum absolute atomic E-state index is 0.600. The molecular formula is C12H9BrClN5. The summed E-state index contributed by atoms with van der Waals surface area (Å²) in [6, 6.07) is 1.75. The van der Waals surface area contributed by atoms with Crippen LogP contribution < -0.4 is 5.32 Å². The maximum Gasteiger partial charge on any atom is 0.155 e. The lowest BCUT2D eigenvalue weighted by Crippen LogP contribution is -2.03. The molecule has 0 unspecified atom stereocenters. The maximum absolute atomic E-state index is 6.07. The molecule has 3 rings (SSSR count). The van der Waals surface area contributed by atoms with Gasteiger partial charge in [-0.1, -0.05) is 11.6 Å². The van der Waals surface area contributed by atoms with Crippen LogP contribution in [0.5, 0.6) is 0 Å². The number of fused-ring (bicyclic) bond motifs is 1. The van der Waals surface area contributed by atoms with Crippen molar-refractivity contribution in [2.75, 3.05) is 5.32 Å². The summed E-state index contributed by atoms with van der Waals surface area (Å²) in [6.45, 7) is 0.600. The summed E-state index contributed by atoms with van der Waals surface area (Å²) in [6.07, 6.45) is 8.75. The highest BCUT2D eigenvalue weighted by Gasteiger charge is 2.05. The molecule has 0 spiro atoms. The predicted octanol–water partition coefficient (Wildman–Crippen LogP) is 3.15. The van der Waals surface area contributed by atoms with Gasteiger partial charge in [0.25, 0.3) is 0 Å². The molecule has 0 fully saturated rings. The molecule has 0 aromatic carbocycles. The Hall–Kier alpha value is -1.66. The molecule has 0 aliphatic carbocycles. The van der Waals surface area contributed by atoms with Crippen molar-refractivity contribution in [2.24, 2.45) is 0 Å². The van der Waals surface area contributed by atoms with E-state index in [-0.39, 0.29) is 0 Å². The number of pyridine rings is 1. The van der Waals surface area contributed by atoms with Crippen LogP contribution >= 0.6 is 27.5 Å². The molecular weight excluding hydrogens is 330 g/mol. The maximum atomic E-state index is 6.07. The second-order valence-corrected chi connectivity index (χ2v) is 5.12. The average Bonchev–Trinajstić information content (AvgIpc) is 2.80. The second kappa shape index (κ2) is 5.14. The van der Waals surface area contributed by atoms with E-state index in [4.69, 9.17) is 11.6 Å². The lowest BCUT2D eigenvalue weighted by atomic mass is 10.4. The van der Waals surface area contributed by atoms with Gasteiger partial charge in [-0.25, -0.2) is 9.97 Å². The van der Waals surface area contributed by atoms with Crippen molar-refractivity contribution in [2.45, 2.75) is 6.54 Å². The third kappa shape index (κ3) is 2.54. The van der Waals surface area contributed by atoms with E-state index in [2.05, 4.69) is 36.2 Å². The van der Waals surface area contributed by atoms with Gasteiger partial charge in [-0.2, -0.15) is 0 Å². The fourth-order valence-electron chi connectivity index (χ4n) is 1.74. The Morgan fingerprint density at radius 2 is 2.16 bits per heavy atom. The highest BCUT2D eigenvalue weighted by Crippen LogP contribution is 2.20. The number of aromatic nitrogens is 4. The van der Waals surface area contributed by atoms with Gasteiger partial charge >= 0.3 is 0 Å². The first-order chi connectivity index (χ1) is 9.24. The lowest BCUT2D eigenvalue weighted by molar-refractivity contribution is 0.982. The van der Waals surface area contributed by atoms with E-state index in [0.29, 0.717) is 11.6 Å². The van der Waals surface area contributed by atoms with Crippen LogP contribution in [0.2, 0.25) is 5.02 Å². The van der Waals surface area contributed by atoms with E-state index in [1.807, 2.05) is 10.6 Å². The van der Waals surface area contributed by atoms with Gasteiger partial charge in [-0.05, 0) is 22.0 Å². The summed E-state index contributed by atoms with van der Waals surface area (Å²) >= 11 is 9.41. The summed E-state index contributed by atoms with van der Waals surface area (Å²) in [5.74, 6) is 0. The van der Waals surface area contributed by atoms with Crippen LogP contribution in [-0.2, 0) is 6.54 Å². The molecule has 0 amide bonds. The number of hydrogen-bond donors (Lipinski definition) is 1. The van der Waals surface area contributed by atoms with Crippen molar-refractivity contribution in [3.05, 3.63) is 52.4 Å². The molecule has 0 radical (unpaired) electrons. The summed E-state index contributed by atoms with van der Waals surface area (Å²) in [7, 11) is 0. The number of nitrogens with one attached hydrogen (secondary N) is 1. The quantitative estimate of drug-likeness (QED) is 0.797. The SMILES string of the molecule is Clc1ccncc1NCc1cnc2cnc(Br)cn12. The monoisotopic (exact) mass is 337 g/mol. The third-order valence-corrected chi connectivity index (χ3v) is 3.41. The first-order valence-corrected chi connectivity index (χ1v) is 6.72. The molecule has 3 aromatic rings. The van der Waals surface area contributed by atoms with Crippen LogP contribution in [0.25, 0.3) is 5.65 Å². The van der Waals surface area contributed by atoms with Crippen molar-refractivity contribution < 1.29 is 0 Å². The summed E-state index contributed by atoms with van der Waals surface area (Å²) < 4.78 is 2.73. The van der Waals surface area contributed by atoms with Crippen molar-refractivity contribution in [3.8, 4) is 0 Å². The Balaban J connectivity index is 1.86. The van der Waals surface area contributed by atoms with E-state index in [1.165, 1.54) is 0 Å². The van der Waals surface area contributed by atoms with E-state index >= 15 is 0 Å². The Kier molecular flexibility index (Phi) is 3.35. The Labute approximate surface area is 122 Å². The van der Waals surface area contributed by atoms with Gasteiger partial charge in [-0.15, -0.1) is 0 Å². The first kappa shape index (κ1) is 12.4. The van der Waals surface area contributed by atoms with Crippen LogP contribution in [0.15, 0.2) is 41.7 Å². The standard InChI is InChI=1S/C12H9BrClN5/c13-11-7-19-8(4-18-12(19)6-17-11)3-16-10-5-15-2-1-9(10)14/h1-2,4-7,16H,3H2. The highest BCUT2D eigenvalue weighted by molar-refractivity contribution is 9.10. The molecule has 0 atom stereocenters. The minimum Gasteiger partial charge on any atom is -0.377 e. The Morgan fingerprint density at radius 1 is 1.26 bits per heavy atom. The number of imidazole rings is 1. The topological polar surface area (TPSA) is 55.1 Å². The van der Waals surface area contributed by atoms with Crippen molar-refractivity contribution >= 4 is 38.9 Å². The Morgan fingerprint density at radius 3 is 3.00 bits per heavy atom. The number of anilines is 1. The average molecular weight is 339 g/mol. The van der Waals surface area contributed by atoms with Gasteiger partial charge in [0.15, 0.2) is 5.65 Å². The lowest BCUT2D eigenvalue weighted by Gasteiger charge is -2.07. The van der Waals surface area contributed by atoms with Gasteiger partial charge in [0.2, 0.25) is 0 Å². The summed E-state index contributed by atoms with van der Waals surface area (Å²) in [4.78, 5) is 12.5. The first-order valence-electron chi connectivity index (χ1n) is 5.55. The second-order valence-electron chi connectivity index (χ2n) is 3.90. The van der Waals surface area contributed by atoms with E-state index in [9.17, 15) is 0 Å². The zero-order valence-corrected chi connectivity index (χ0v) is 12.1.